The molecule has 0 spiro atoms. The normalized spacial score (nSPS) is 14.3. The lowest BCUT2D eigenvalue weighted by Crippen LogP contribution is -2.27. The molecule has 0 aliphatic carbocycles. The highest BCUT2D eigenvalue weighted by atomic mass is 31.2. The highest BCUT2D eigenvalue weighted by molar-refractivity contribution is 7.52. The molecule has 0 fully saturated rings. The van der Waals surface area contributed by atoms with Gasteiger partial charge in [-0.25, -0.2) is 4.98 Å². The Morgan fingerprint density at radius 1 is 0.918 bits per heavy atom. The number of aromatic amines is 1. The monoisotopic (exact) mass is 705 g/mol. The van der Waals surface area contributed by atoms with Crippen molar-refractivity contribution in [2.24, 2.45) is 0 Å². The summed E-state index contributed by atoms with van der Waals surface area (Å²) in [4.78, 5) is 33.0. The lowest BCUT2D eigenvalue weighted by Gasteiger charge is -2.22. The molecule has 3 rings (SSSR count). The molecule has 0 radical (unpaired) electrons. The lowest BCUT2D eigenvalue weighted by atomic mass is 10.0. The van der Waals surface area contributed by atoms with E-state index in [1.54, 1.807) is 4.57 Å². The number of ether oxygens (including phenoxy) is 3. The van der Waals surface area contributed by atoms with Gasteiger partial charge in [0.2, 0.25) is 5.95 Å². The van der Waals surface area contributed by atoms with Crippen molar-refractivity contribution in [1.82, 2.24) is 19.5 Å². The number of nitrogens with two attached hydrogens (primary N) is 1. The molecule has 3 aromatic rings. The molecule has 13 heteroatoms. The highest BCUT2D eigenvalue weighted by Gasteiger charge is 2.23. The van der Waals surface area contributed by atoms with Gasteiger partial charge in [-0.1, -0.05) is 127 Å². The third-order valence-electron chi connectivity index (χ3n) is 8.55. The molecule has 0 saturated carbocycles. The van der Waals surface area contributed by atoms with Crippen LogP contribution in [0, 0.1) is 0 Å². The van der Waals surface area contributed by atoms with E-state index in [1.165, 1.54) is 89.8 Å². The summed E-state index contributed by atoms with van der Waals surface area (Å²) in [5.74, 6) is -0.0225. The van der Waals surface area contributed by atoms with Crippen molar-refractivity contribution >= 4 is 24.7 Å². The van der Waals surface area contributed by atoms with Crippen LogP contribution in [-0.4, -0.2) is 62.8 Å². The van der Waals surface area contributed by atoms with Gasteiger partial charge in [-0.3, -0.25) is 14.3 Å². The third-order valence-corrected chi connectivity index (χ3v) is 9.61. The molecular formula is C36H60N5O7P. The molecule has 3 atom stereocenters. The number of H-pyrrole nitrogens is 1. The number of fused-ring (bicyclic) bond motifs is 1. The van der Waals surface area contributed by atoms with E-state index < -0.39 is 25.6 Å². The first-order valence-electron chi connectivity index (χ1n) is 18.3. The summed E-state index contributed by atoms with van der Waals surface area (Å²) in [5.41, 5.74) is 6.66. The fraction of sp³-hybridized carbons (Fsp3) is 0.694. The number of anilines is 1. The van der Waals surface area contributed by atoms with Gasteiger partial charge in [0.1, 0.15) is 12.5 Å². The van der Waals surface area contributed by atoms with E-state index in [9.17, 15) is 14.3 Å². The van der Waals surface area contributed by atoms with Gasteiger partial charge in [-0.05, 0) is 18.9 Å². The second-order valence-electron chi connectivity index (χ2n) is 13.0. The van der Waals surface area contributed by atoms with Crippen LogP contribution >= 0.6 is 7.60 Å². The summed E-state index contributed by atoms with van der Waals surface area (Å²) in [6.45, 7) is 5.11. The molecule has 2 aromatic heterocycles. The number of hydrogen-bond donors (Lipinski definition) is 3. The van der Waals surface area contributed by atoms with Crippen molar-refractivity contribution in [3.05, 3.63) is 52.6 Å². The zero-order valence-corrected chi connectivity index (χ0v) is 30.6. The Hall–Kier alpha value is -2.60. The van der Waals surface area contributed by atoms with Crippen molar-refractivity contribution in [3.8, 4) is 0 Å². The fourth-order valence-corrected chi connectivity index (χ4v) is 6.46. The van der Waals surface area contributed by atoms with Crippen LogP contribution in [0.5, 0.6) is 0 Å². The number of imidazole rings is 1. The van der Waals surface area contributed by atoms with Crippen LogP contribution in [0.1, 0.15) is 116 Å². The molecule has 0 amide bonds. The predicted molar refractivity (Wildman–Crippen MR) is 195 cm³/mol. The Labute approximate surface area is 292 Å². The van der Waals surface area contributed by atoms with Gasteiger partial charge in [-0.15, -0.1) is 0 Å². The van der Waals surface area contributed by atoms with Gasteiger partial charge in [0.05, 0.1) is 38.9 Å². The van der Waals surface area contributed by atoms with E-state index in [1.807, 2.05) is 30.3 Å². The molecule has 0 saturated heterocycles. The Morgan fingerprint density at radius 3 is 2.20 bits per heavy atom. The topological polar surface area (TPSA) is 164 Å². The van der Waals surface area contributed by atoms with Crippen LogP contribution in [0.15, 0.2) is 41.5 Å². The average Bonchev–Trinajstić information content (AvgIpc) is 3.49. The van der Waals surface area contributed by atoms with E-state index >= 15 is 0 Å². The Kier molecular flexibility index (Phi) is 19.8. The largest absolute Gasteiger partial charge is 0.376 e. The summed E-state index contributed by atoms with van der Waals surface area (Å²) in [6, 6.07) is 9.74. The van der Waals surface area contributed by atoms with Gasteiger partial charge in [0.25, 0.3) is 5.56 Å². The van der Waals surface area contributed by atoms with Gasteiger partial charge < -0.3 is 33.9 Å². The van der Waals surface area contributed by atoms with E-state index in [0.717, 1.165) is 18.4 Å². The number of aromatic nitrogens is 4. The lowest BCUT2D eigenvalue weighted by molar-refractivity contribution is -0.0658. The quantitative estimate of drug-likeness (QED) is 0.0481. The van der Waals surface area contributed by atoms with Crippen LogP contribution in [0.4, 0.5) is 5.95 Å². The van der Waals surface area contributed by atoms with E-state index in [2.05, 4.69) is 28.8 Å². The van der Waals surface area contributed by atoms with E-state index in [0.29, 0.717) is 12.3 Å². The predicted octanol–water partition coefficient (Wildman–Crippen LogP) is 7.74. The van der Waals surface area contributed by atoms with Crippen molar-refractivity contribution in [1.29, 1.82) is 0 Å². The summed E-state index contributed by atoms with van der Waals surface area (Å²) >= 11 is 0. The molecule has 49 heavy (non-hydrogen) atoms. The molecule has 0 aliphatic rings. The van der Waals surface area contributed by atoms with Crippen molar-refractivity contribution < 1.29 is 28.2 Å². The zero-order valence-electron chi connectivity index (χ0n) is 29.7. The minimum absolute atomic E-state index is 0.0225. The summed E-state index contributed by atoms with van der Waals surface area (Å²) in [5, 5.41) is 0. The smallest absolute Gasteiger partial charge is 0.353 e. The second-order valence-corrected chi connectivity index (χ2v) is 14.8. The highest BCUT2D eigenvalue weighted by Crippen LogP contribution is 2.42. The zero-order chi connectivity index (χ0) is 35.2. The minimum atomic E-state index is -4.08. The number of unbranched alkanes of at least 4 members (excludes halogenated alkanes) is 13. The summed E-state index contributed by atoms with van der Waals surface area (Å²) < 4.78 is 37.4. The maximum atomic E-state index is 12.8. The number of nitrogens with zero attached hydrogens (tertiary/aromatic N) is 3. The minimum Gasteiger partial charge on any atom is -0.376 e. The molecule has 0 aliphatic heterocycles. The number of hydrogen-bond acceptors (Lipinski definition) is 9. The molecule has 1 aromatic carbocycles. The van der Waals surface area contributed by atoms with Crippen LogP contribution < -0.4 is 11.3 Å². The molecule has 0 bridgehead atoms. The van der Waals surface area contributed by atoms with Crippen molar-refractivity contribution in [3.63, 3.8) is 0 Å². The maximum Gasteiger partial charge on any atom is 0.353 e. The van der Waals surface area contributed by atoms with E-state index in [4.69, 9.17) is 24.5 Å². The molecule has 2 heterocycles. The molecule has 4 N–H and O–H groups in total. The number of benzene rings is 1. The number of nitrogen functional groups attached to an aromatic ring is 1. The van der Waals surface area contributed by atoms with Crippen molar-refractivity contribution in [2.75, 3.05) is 31.9 Å². The fourth-order valence-electron chi connectivity index (χ4n) is 5.63. The first-order valence-corrected chi connectivity index (χ1v) is 20.1. The maximum absolute atomic E-state index is 12.8. The third kappa shape index (κ3) is 17.3. The molecule has 12 nitrogen and oxygen atoms in total. The van der Waals surface area contributed by atoms with Crippen LogP contribution in [0.2, 0.25) is 0 Å². The first kappa shape index (κ1) is 40.8. The van der Waals surface area contributed by atoms with Gasteiger partial charge in [0.15, 0.2) is 11.2 Å². The molecule has 3 unspecified atom stereocenters. The van der Waals surface area contributed by atoms with Gasteiger partial charge >= 0.3 is 7.60 Å². The first-order chi connectivity index (χ1) is 23.8. The number of rotatable bonds is 29. The van der Waals surface area contributed by atoms with Crippen LogP contribution in [0.25, 0.3) is 11.2 Å². The van der Waals surface area contributed by atoms with Gasteiger partial charge in [0, 0.05) is 6.54 Å². The van der Waals surface area contributed by atoms with Crippen molar-refractivity contribution in [2.45, 2.75) is 136 Å². The Bertz CT molecular complexity index is 1400. The Balaban J connectivity index is 1.31. The summed E-state index contributed by atoms with van der Waals surface area (Å²) in [7, 11) is -4.08. The van der Waals surface area contributed by atoms with Crippen LogP contribution in [0.3, 0.4) is 0 Å². The average molecular weight is 706 g/mol. The van der Waals surface area contributed by atoms with E-state index in [-0.39, 0.29) is 43.9 Å². The second kappa shape index (κ2) is 23.7. The molecule has 276 valence electrons. The number of nitrogens with one attached hydrogen (secondary N) is 1. The molecular weight excluding hydrogens is 645 g/mol. The SMILES string of the molecule is CCCCCCCCCCCCCCCCC(C)OCC(COP(=O)(O)COCCn1cnc2c(=O)[nH]c(N)nc21)OCc1ccccc1. The standard InChI is InChI=1S/C36H60N5O7P/c1-3-4-5-6-7-8-9-10-11-12-13-14-15-17-20-30(2)46-26-32(47-25-31-21-18-16-19-22-31)27-48-49(43,44)29-45-24-23-41-28-38-33-34(41)39-36(37)40-35(33)42/h16,18-19,21-22,28,30,32H,3-15,17,20,23-27,29H2,1-2H3,(H,43,44)(H3,37,39,40,42). The van der Waals surface area contributed by atoms with Crippen LogP contribution in [-0.2, 0) is 36.5 Å². The van der Waals surface area contributed by atoms with Gasteiger partial charge in [-0.2, -0.15) is 4.98 Å². The summed E-state index contributed by atoms with van der Waals surface area (Å²) in [6.07, 6.45) is 20.0. The Morgan fingerprint density at radius 2 is 1.55 bits per heavy atom.